The molecule has 0 atom stereocenters. The molecule has 1 aromatic carbocycles. The van der Waals surface area contributed by atoms with Gasteiger partial charge >= 0.3 is 0 Å². The molecule has 1 heterocycles. The van der Waals surface area contributed by atoms with Crippen LogP contribution in [0.3, 0.4) is 0 Å². The van der Waals surface area contributed by atoms with Gasteiger partial charge in [-0.2, -0.15) is 0 Å². The van der Waals surface area contributed by atoms with Crippen LogP contribution in [0, 0.1) is 0 Å². The molecule has 2 aromatic rings. The Labute approximate surface area is 141 Å². The molecule has 0 unspecified atom stereocenters. The Hall–Kier alpha value is -2.56. The summed E-state index contributed by atoms with van der Waals surface area (Å²) in [7, 11) is 0. The second-order valence-electron chi connectivity index (χ2n) is 6.04. The number of fused-ring (bicyclic) bond motifs is 1. The minimum absolute atomic E-state index is 0.0128. The van der Waals surface area contributed by atoms with Gasteiger partial charge in [0.15, 0.2) is 5.76 Å². The lowest BCUT2D eigenvalue weighted by atomic mass is 9.90. The van der Waals surface area contributed by atoms with Gasteiger partial charge in [-0.1, -0.05) is 12.1 Å². The minimum atomic E-state index is -0.252. The molecule has 1 aliphatic rings. The molecule has 0 radical (unpaired) electrons. The maximum Gasteiger partial charge on any atom is 0.286 e. The highest BCUT2D eigenvalue weighted by Gasteiger charge is 2.14. The fourth-order valence-electron chi connectivity index (χ4n) is 3.06. The fourth-order valence-corrected chi connectivity index (χ4v) is 3.06. The van der Waals surface area contributed by atoms with Crippen molar-refractivity contribution in [2.24, 2.45) is 0 Å². The van der Waals surface area contributed by atoms with Gasteiger partial charge < -0.3 is 15.1 Å². The molecule has 1 aromatic heterocycles. The van der Waals surface area contributed by atoms with Crippen LogP contribution < -0.4 is 10.6 Å². The van der Waals surface area contributed by atoms with Crippen LogP contribution in [0.15, 0.2) is 41.0 Å². The molecular formula is C19H22N2O3. The van der Waals surface area contributed by atoms with E-state index in [2.05, 4.69) is 16.7 Å². The summed E-state index contributed by atoms with van der Waals surface area (Å²) in [6.07, 6.45) is 6.96. The topological polar surface area (TPSA) is 71.3 Å². The Balaban J connectivity index is 1.44. The maximum atomic E-state index is 12.1. The first kappa shape index (κ1) is 16.3. The van der Waals surface area contributed by atoms with Crippen LogP contribution in [0.25, 0.3) is 0 Å². The molecule has 0 fully saturated rings. The van der Waals surface area contributed by atoms with E-state index in [-0.39, 0.29) is 17.6 Å². The van der Waals surface area contributed by atoms with E-state index in [4.69, 9.17) is 4.42 Å². The molecule has 126 valence electrons. The lowest BCUT2D eigenvalue weighted by Gasteiger charge is -2.19. The van der Waals surface area contributed by atoms with Crippen molar-refractivity contribution in [3.05, 3.63) is 53.5 Å². The zero-order valence-corrected chi connectivity index (χ0v) is 13.6. The quantitative estimate of drug-likeness (QED) is 0.800. The van der Waals surface area contributed by atoms with E-state index < -0.39 is 0 Å². The van der Waals surface area contributed by atoms with Gasteiger partial charge in [0.2, 0.25) is 5.91 Å². The van der Waals surface area contributed by atoms with Crippen LogP contribution in [0.4, 0.5) is 5.69 Å². The van der Waals surface area contributed by atoms with E-state index in [0.29, 0.717) is 19.4 Å². The van der Waals surface area contributed by atoms with Crippen molar-refractivity contribution in [3.63, 3.8) is 0 Å². The monoisotopic (exact) mass is 326 g/mol. The second-order valence-corrected chi connectivity index (χ2v) is 6.04. The SMILES string of the molecule is O=C(CCCNC(=O)c1ccco1)Nc1cccc2c1CCCC2. The molecule has 2 amide bonds. The summed E-state index contributed by atoms with van der Waals surface area (Å²) in [4.78, 5) is 23.8. The number of nitrogens with one attached hydrogen (secondary N) is 2. The van der Waals surface area contributed by atoms with Crippen LogP contribution in [0.2, 0.25) is 0 Å². The van der Waals surface area contributed by atoms with Crippen molar-refractivity contribution < 1.29 is 14.0 Å². The third-order valence-electron chi connectivity index (χ3n) is 4.28. The van der Waals surface area contributed by atoms with E-state index >= 15 is 0 Å². The first-order chi connectivity index (χ1) is 11.7. The van der Waals surface area contributed by atoms with Crippen LogP contribution in [0.1, 0.15) is 47.4 Å². The molecule has 0 saturated heterocycles. The first-order valence-corrected chi connectivity index (χ1v) is 8.46. The normalized spacial score (nSPS) is 13.2. The Morgan fingerprint density at radius 3 is 2.79 bits per heavy atom. The summed E-state index contributed by atoms with van der Waals surface area (Å²) in [6, 6.07) is 9.40. The molecule has 2 N–H and O–H groups in total. The molecule has 3 rings (SSSR count). The lowest BCUT2D eigenvalue weighted by Crippen LogP contribution is -2.25. The molecule has 0 bridgehead atoms. The second kappa shape index (κ2) is 7.81. The molecule has 0 aliphatic heterocycles. The Morgan fingerprint density at radius 2 is 1.96 bits per heavy atom. The zero-order valence-electron chi connectivity index (χ0n) is 13.6. The molecular weight excluding hydrogens is 304 g/mol. The number of hydrogen-bond donors (Lipinski definition) is 2. The smallest absolute Gasteiger partial charge is 0.286 e. The van der Waals surface area contributed by atoms with Crippen molar-refractivity contribution in [1.29, 1.82) is 0 Å². The number of hydrogen-bond acceptors (Lipinski definition) is 3. The van der Waals surface area contributed by atoms with E-state index in [9.17, 15) is 9.59 Å². The number of amides is 2. The van der Waals surface area contributed by atoms with Crippen molar-refractivity contribution in [1.82, 2.24) is 5.32 Å². The molecule has 0 spiro atoms. The molecule has 5 heteroatoms. The van der Waals surface area contributed by atoms with Crippen molar-refractivity contribution in [3.8, 4) is 0 Å². The fraction of sp³-hybridized carbons (Fsp3) is 0.368. The standard InChI is InChI=1S/C19H22N2O3/c22-18(11-4-12-20-19(23)17-10-5-13-24-17)21-16-9-3-7-14-6-1-2-8-15(14)16/h3,5,7,9-10,13H,1-2,4,6,8,11-12H2,(H,20,23)(H,21,22). The van der Waals surface area contributed by atoms with E-state index in [0.717, 1.165) is 18.5 Å². The van der Waals surface area contributed by atoms with Crippen LogP contribution in [-0.4, -0.2) is 18.4 Å². The number of anilines is 1. The van der Waals surface area contributed by atoms with Crippen LogP contribution in [0.5, 0.6) is 0 Å². The van der Waals surface area contributed by atoms with Gasteiger partial charge in [-0.05, 0) is 61.4 Å². The van der Waals surface area contributed by atoms with Gasteiger partial charge in [0.1, 0.15) is 0 Å². The molecule has 24 heavy (non-hydrogen) atoms. The van der Waals surface area contributed by atoms with Crippen LogP contribution >= 0.6 is 0 Å². The third-order valence-corrected chi connectivity index (χ3v) is 4.28. The Bertz CT molecular complexity index is 707. The molecule has 5 nitrogen and oxygen atoms in total. The Morgan fingerprint density at radius 1 is 1.08 bits per heavy atom. The third kappa shape index (κ3) is 4.04. The number of rotatable bonds is 6. The molecule has 0 saturated carbocycles. The van der Waals surface area contributed by atoms with E-state index in [1.807, 2.05) is 12.1 Å². The van der Waals surface area contributed by atoms with Gasteiger partial charge in [-0.25, -0.2) is 0 Å². The largest absolute Gasteiger partial charge is 0.459 e. The summed E-state index contributed by atoms with van der Waals surface area (Å²) >= 11 is 0. The van der Waals surface area contributed by atoms with Gasteiger partial charge in [-0.3, -0.25) is 9.59 Å². The summed E-state index contributed by atoms with van der Waals surface area (Å²) in [5, 5.41) is 5.76. The Kier molecular flexibility index (Phi) is 5.31. The van der Waals surface area contributed by atoms with Crippen molar-refractivity contribution >= 4 is 17.5 Å². The minimum Gasteiger partial charge on any atom is -0.459 e. The average Bonchev–Trinajstić information content (AvgIpc) is 3.14. The van der Waals surface area contributed by atoms with Crippen LogP contribution in [-0.2, 0) is 17.6 Å². The maximum absolute atomic E-state index is 12.1. The highest BCUT2D eigenvalue weighted by Crippen LogP contribution is 2.27. The van der Waals surface area contributed by atoms with E-state index in [1.165, 1.54) is 30.2 Å². The summed E-state index contributed by atoms with van der Waals surface area (Å²) in [6.45, 7) is 0.444. The summed E-state index contributed by atoms with van der Waals surface area (Å²) in [5.74, 6) is 0.0223. The number of furan rings is 1. The summed E-state index contributed by atoms with van der Waals surface area (Å²) in [5.41, 5.74) is 3.57. The predicted octanol–water partition coefficient (Wildman–Crippen LogP) is 3.31. The highest BCUT2D eigenvalue weighted by atomic mass is 16.3. The highest BCUT2D eigenvalue weighted by molar-refractivity contribution is 5.92. The number of carbonyl (C=O) groups is 2. The average molecular weight is 326 g/mol. The predicted molar refractivity (Wildman–Crippen MR) is 92.0 cm³/mol. The number of aryl methyl sites for hydroxylation is 1. The zero-order chi connectivity index (χ0) is 16.8. The number of benzene rings is 1. The molecule has 1 aliphatic carbocycles. The first-order valence-electron chi connectivity index (χ1n) is 8.46. The van der Waals surface area contributed by atoms with Crippen molar-refractivity contribution in [2.75, 3.05) is 11.9 Å². The van der Waals surface area contributed by atoms with Gasteiger partial charge in [-0.15, -0.1) is 0 Å². The van der Waals surface area contributed by atoms with Gasteiger partial charge in [0.05, 0.1) is 6.26 Å². The summed E-state index contributed by atoms with van der Waals surface area (Å²) < 4.78 is 5.01. The van der Waals surface area contributed by atoms with Gasteiger partial charge in [0, 0.05) is 18.7 Å². The lowest BCUT2D eigenvalue weighted by molar-refractivity contribution is -0.116. The van der Waals surface area contributed by atoms with E-state index in [1.54, 1.807) is 12.1 Å². The van der Waals surface area contributed by atoms with Gasteiger partial charge in [0.25, 0.3) is 5.91 Å². The number of carbonyl (C=O) groups excluding carboxylic acids is 2. The van der Waals surface area contributed by atoms with Crippen molar-refractivity contribution in [2.45, 2.75) is 38.5 Å².